The largest absolute Gasteiger partial charge is 0.495 e. The van der Waals surface area contributed by atoms with Gasteiger partial charge in [-0.3, -0.25) is 4.72 Å². The van der Waals surface area contributed by atoms with E-state index in [1.807, 2.05) is 6.92 Å². The van der Waals surface area contributed by atoms with E-state index in [2.05, 4.69) is 4.72 Å². The van der Waals surface area contributed by atoms with E-state index in [1.54, 1.807) is 12.1 Å². The van der Waals surface area contributed by atoms with Crippen molar-refractivity contribution in [3.8, 4) is 5.75 Å². The Morgan fingerprint density at radius 3 is 2.48 bits per heavy atom. The number of hydrogen-bond donors (Lipinski definition) is 2. The SMILES string of the molecule is COc1ccc(C(=O)O)cc1S(=O)(=O)Nc1ccc(C)cc1Cl. The first-order valence-electron chi connectivity index (χ1n) is 6.45. The molecule has 0 fully saturated rings. The van der Waals surface area contributed by atoms with Gasteiger partial charge in [-0.25, -0.2) is 13.2 Å². The fourth-order valence-electron chi connectivity index (χ4n) is 1.92. The maximum Gasteiger partial charge on any atom is 0.335 e. The van der Waals surface area contributed by atoms with Crippen molar-refractivity contribution in [3.63, 3.8) is 0 Å². The van der Waals surface area contributed by atoms with Crippen LogP contribution >= 0.6 is 11.6 Å². The Morgan fingerprint density at radius 1 is 1.22 bits per heavy atom. The molecule has 0 heterocycles. The molecule has 2 aromatic carbocycles. The first-order valence-corrected chi connectivity index (χ1v) is 8.31. The Kier molecular flexibility index (Phi) is 4.82. The van der Waals surface area contributed by atoms with Crippen LogP contribution < -0.4 is 9.46 Å². The van der Waals surface area contributed by atoms with Crippen molar-refractivity contribution < 1.29 is 23.1 Å². The molecule has 0 aromatic heterocycles. The number of carbonyl (C=O) groups is 1. The number of nitrogens with one attached hydrogen (secondary N) is 1. The molecule has 6 nitrogen and oxygen atoms in total. The molecule has 2 aromatic rings. The average Bonchev–Trinajstić information content (AvgIpc) is 2.49. The number of halogens is 1. The zero-order valence-corrected chi connectivity index (χ0v) is 13.9. The number of carboxylic acids is 1. The second kappa shape index (κ2) is 6.47. The average molecular weight is 356 g/mol. The van der Waals surface area contributed by atoms with E-state index in [0.717, 1.165) is 11.6 Å². The van der Waals surface area contributed by atoms with Crippen molar-refractivity contribution in [1.82, 2.24) is 0 Å². The molecule has 0 bridgehead atoms. The van der Waals surface area contributed by atoms with Crippen LogP contribution in [0.25, 0.3) is 0 Å². The molecule has 122 valence electrons. The van der Waals surface area contributed by atoms with Gasteiger partial charge in [0, 0.05) is 0 Å². The summed E-state index contributed by atoms with van der Waals surface area (Å²) in [6, 6.07) is 8.43. The van der Waals surface area contributed by atoms with Gasteiger partial charge in [-0.2, -0.15) is 0 Å². The molecule has 2 N–H and O–H groups in total. The highest BCUT2D eigenvalue weighted by atomic mass is 35.5. The second-order valence-corrected chi connectivity index (χ2v) is 6.82. The quantitative estimate of drug-likeness (QED) is 0.859. The number of anilines is 1. The number of sulfonamides is 1. The van der Waals surface area contributed by atoms with Crippen LogP contribution in [0.2, 0.25) is 5.02 Å². The van der Waals surface area contributed by atoms with E-state index in [4.69, 9.17) is 21.4 Å². The van der Waals surface area contributed by atoms with Gasteiger partial charge >= 0.3 is 5.97 Å². The Bertz CT molecular complexity index is 864. The molecule has 0 saturated carbocycles. The summed E-state index contributed by atoms with van der Waals surface area (Å²) >= 11 is 6.03. The second-order valence-electron chi connectivity index (χ2n) is 4.76. The van der Waals surface area contributed by atoms with Gasteiger partial charge in [-0.15, -0.1) is 0 Å². The fourth-order valence-corrected chi connectivity index (χ4v) is 3.54. The van der Waals surface area contributed by atoms with Gasteiger partial charge in [0.1, 0.15) is 10.6 Å². The topological polar surface area (TPSA) is 92.7 Å². The number of aromatic carboxylic acids is 1. The molecule has 0 aliphatic rings. The molecule has 0 atom stereocenters. The molecule has 0 unspecified atom stereocenters. The zero-order valence-electron chi connectivity index (χ0n) is 12.3. The van der Waals surface area contributed by atoms with Crippen molar-refractivity contribution >= 4 is 33.3 Å². The lowest BCUT2D eigenvalue weighted by molar-refractivity contribution is 0.0696. The van der Waals surface area contributed by atoms with Crippen molar-refractivity contribution in [1.29, 1.82) is 0 Å². The summed E-state index contributed by atoms with van der Waals surface area (Å²) in [6.07, 6.45) is 0. The van der Waals surface area contributed by atoms with E-state index >= 15 is 0 Å². The number of carboxylic acid groups (broad SMARTS) is 1. The van der Waals surface area contributed by atoms with Gasteiger partial charge in [0.25, 0.3) is 10.0 Å². The minimum Gasteiger partial charge on any atom is -0.495 e. The predicted molar refractivity (Wildman–Crippen MR) is 87.0 cm³/mol. The van der Waals surface area contributed by atoms with Gasteiger partial charge in [0.15, 0.2) is 0 Å². The highest BCUT2D eigenvalue weighted by Crippen LogP contribution is 2.30. The Morgan fingerprint density at radius 2 is 1.91 bits per heavy atom. The molecular formula is C15H14ClNO5S. The molecule has 8 heteroatoms. The number of ether oxygens (including phenoxy) is 1. The minimum atomic E-state index is -4.07. The minimum absolute atomic E-state index is 0.0331. The summed E-state index contributed by atoms with van der Waals surface area (Å²) in [6.45, 7) is 1.82. The summed E-state index contributed by atoms with van der Waals surface area (Å²) in [7, 11) is -2.77. The van der Waals surface area contributed by atoms with E-state index in [9.17, 15) is 13.2 Å². The van der Waals surface area contributed by atoms with Crippen molar-refractivity contribution in [2.24, 2.45) is 0 Å². The van der Waals surface area contributed by atoms with E-state index in [-0.39, 0.29) is 26.9 Å². The monoisotopic (exact) mass is 355 g/mol. The molecule has 2 rings (SSSR count). The van der Waals surface area contributed by atoms with Gasteiger partial charge in [0.05, 0.1) is 23.4 Å². The summed E-state index contributed by atoms with van der Waals surface area (Å²) in [5.74, 6) is -1.21. The Hall–Kier alpha value is -2.25. The van der Waals surface area contributed by atoms with Crippen molar-refractivity contribution in [2.45, 2.75) is 11.8 Å². The van der Waals surface area contributed by atoms with E-state index < -0.39 is 16.0 Å². The molecule has 0 amide bonds. The lowest BCUT2D eigenvalue weighted by Crippen LogP contribution is -2.15. The third-order valence-corrected chi connectivity index (χ3v) is 4.77. The lowest BCUT2D eigenvalue weighted by atomic mass is 10.2. The third kappa shape index (κ3) is 3.75. The van der Waals surface area contributed by atoms with Crippen LogP contribution in [0.4, 0.5) is 5.69 Å². The first-order chi connectivity index (χ1) is 10.7. The van der Waals surface area contributed by atoms with Gasteiger partial charge in [0.2, 0.25) is 0 Å². The summed E-state index contributed by atoms with van der Waals surface area (Å²) in [5, 5.41) is 9.26. The normalized spacial score (nSPS) is 11.1. The van der Waals surface area contributed by atoms with Crippen LogP contribution in [0.5, 0.6) is 5.75 Å². The number of rotatable bonds is 5. The molecule has 0 spiro atoms. The maximum absolute atomic E-state index is 12.6. The number of aryl methyl sites for hydroxylation is 1. The Balaban J connectivity index is 2.50. The highest BCUT2D eigenvalue weighted by molar-refractivity contribution is 7.92. The summed E-state index contributed by atoms with van der Waals surface area (Å²) in [5.41, 5.74) is 0.907. The van der Waals surface area contributed by atoms with E-state index in [0.29, 0.717) is 0 Å². The van der Waals surface area contributed by atoms with Crippen LogP contribution in [-0.4, -0.2) is 26.6 Å². The lowest BCUT2D eigenvalue weighted by Gasteiger charge is -2.13. The molecule has 23 heavy (non-hydrogen) atoms. The third-order valence-electron chi connectivity index (χ3n) is 3.07. The molecule has 0 aliphatic heterocycles. The molecule has 0 aliphatic carbocycles. The number of benzene rings is 2. The van der Waals surface area contributed by atoms with E-state index in [1.165, 1.54) is 25.3 Å². The Labute approximate surface area is 138 Å². The van der Waals surface area contributed by atoms with Crippen molar-refractivity contribution in [2.75, 3.05) is 11.8 Å². The molecule has 0 radical (unpaired) electrons. The summed E-state index contributed by atoms with van der Waals surface area (Å²) in [4.78, 5) is 10.8. The molecule has 0 saturated heterocycles. The predicted octanol–water partition coefficient (Wildman–Crippen LogP) is 3.16. The fraction of sp³-hybridized carbons (Fsp3) is 0.133. The van der Waals surface area contributed by atoms with Crippen LogP contribution in [0, 0.1) is 6.92 Å². The van der Waals surface area contributed by atoms with Crippen LogP contribution in [0.15, 0.2) is 41.3 Å². The van der Waals surface area contributed by atoms with Crippen LogP contribution in [0.3, 0.4) is 0 Å². The summed E-state index contributed by atoms with van der Waals surface area (Å²) < 4.78 is 32.4. The van der Waals surface area contributed by atoms with Crippen LogP contribution in [-0.2, 0) is 10.0 Å². The number of hydrogen-bond acceptors (Lipinski definition) is 4. The zero-order chi connectivity index (χ0) is 17.2. The van der Waals surface area contributed by atoms with Gasteiger partial charge in [-0.05, 0) is 42.8 Å². The standard InChI is InChI=1S/C15H14ClNO5S/c1-9-3-5-12(11(16)7-9)17-23(20,21)14-8-10(15(18)19)4-6-13(14)22-2/h3-8,17H,1-2H3,(H,18,19). The van der Waals surface area contributed by atoms with Crippen LogP contribution in [0.1, 0.15) is 15.9 Å². The highest BCUT2D eigenvalue weighted by Gasteiger charge is 2.22. The van der Waals surface area contributed by atoms with Gasteiger partial charge < -0.3 is 9.84 Å². The van der Waals surface area contributed by atoms with Crippen molar-refractivity contribution in [3.05, 3.63) is 52.5 Å². The smallest absolute Gasteiger partial charge is 0.335 e. The first kappa shape index (κ1) is 17.1. The number of methoxy groups -OCH3 is 1. The van der Waals surface area contributed by atoms with Gasteiger partial charge in [-0.1, -0.05) is 17.7 Å². The maximum atomic E-state index is 12.6. The molecular weight excluding hydrogens is 342 g/mol.